The van der Waals surface area contributed by atoms with E-state index in [1.807, 2.05) is 11.1 Å². The lowest BCUT2D eigenvalue weighted by molar-refractivity contribution is -0.132. The van der Waals surface area contributed by atoms with Crippen molar-refractivity contribution in [3.8, 4) is 0 Å². The quantitative estimate of drug-likeness (QED) is 0.804. The number of rotatable bonds is 2. The molecule has 2 rings (SSSR count). The van der Waals surface area contributed by atoms with E-state index in [1.54, 1.807) is 6.33 Å². The van der Waals surface area contributed by atoms with Crippen LogP contribution in [0.3, 0.4) is 0 Å². The highest BCUT2D eigenvalue weighted by molar-refractivity contribution is 5.76. The fourth-order valence-corrected chi connectivity index (χ4v) is 2.12. The van der Waals surface area contributed by atoms with Gasteiger partial charge in [0.25, 0.3) is 0 Å². The first-order chi connectivity index (χ1) is 8.46. The van der Waals surface area contributed by atoms with E-state index in [9.17, 15) is 4.79 Å². The summed E-state index contributed by atoms with van der Waals surface area (Å²) in [7, 11) is 0. The minimum absolute atomic E-state index is 0.215. The largest absolute Gasteiger partial charge is 0.338 e. The van der Waals surface area contributed by atoms with E-state index < -0.39 is 0 Å². The Balaban J connectivity index is 1.95. The van der Waals surface area contributed by atoms with E-state index in [1.165, 1.54) is 0 Å². The average Bonchev–Trinajstić information content (AvgIpc) is 2.34. The molecule has 1 aliphatic rings. The third-order valence-electron chi connectivity index (χ3n) is 3.30. The molecule has 1 aliphatic heterocycles. The first kappa shape index (κ1) is 13.0. The highest BCUT2D eigenvalue weighted by Crippen LogP contribution is 2.22. The molecule has 0 spiro atoms. The van der Waals surface area contributed by atoms with Crippen LogP contribution in [-0.2, 0) is 17.8 Å². The highest BCUT2D eigenvalue weighted by Gasteiger charge is 2.22. The van der Waals surface area contributed by atoms with Crippen molar-refractivity contribution in [2.75, 3.05) is 6.54 Å². The van der Waals surface area contributed by atoms with Gasteiger partial charge in [-0.1, -0.05) is 20.8 Å². The lowest BCUT2D eigenvalue weighted by atomic mass is 9.90. The van der Waals surface area contributed by atoms with Crippen LogP contribution in [0.2, 0.25) is 0 Å². The van der Waals surface area contributed by atoms with E-state index in [0.29, 0.717) is 13.0 Å². The Labute approximate surface area is 108 Å². The van der Waals surface area contributed by atoms with Gasteiger partial charge < -0.3 is 4.90 Å². The minimum Gasteiger partial charge on any atom is -0.338 e. The Morgan fingerprint density at radius 2 is 2.22 bits per heavy atom. The number of aromatic nitrogens is 2. The first-order valence-electron chi connectivity index (χ1n) is 6.51. The molecule has 0 fully saturated rings. The van der Waals surface area contributed by atoms with Crippen molar-refractivity contribution in [3.05, 3.63) is 23.8 Å². The molecule has 0 saturated heterocycles. The SMILES string of the molecule is CC(C)(C)CCC(=O)N1CCc2ncncc2C1. The molecule has 4 heteroatoms. The van der Waals surface area contributed by atoms with Crippen molar-refractivity contribution in [3.63, 3.8) is 0 Å². The molecule has 0 bridgehead atoms. The van der Waals surface area contributed by atoms with Gasteiger partial charge >= 0.3 is 0 Å². The molecule has 18 heavy (non-hydrogen) atoms. The second-order valence-corrected chi connectivity index (χ2v) is 6.12. The molecule has 98 valence electrons. The average molecular weight is 247 g/mol. The Kier molecular flexibility index (Phi) is 3.64. The summed E-state index contributed by atoms with van der Waals surface area (Å²) in [5.41, 5.74) is 2.39. The molecule has 1 amide bonds. The van der Waals surface area contributed by atoms with Gasteiger partial charge in [0.1, 0.15) is 6.33 Å². The summed E-state index contributed by atoms with van der Waals surface area (Å²) in [5.74, 6) is 0.249. The second kappa shape index (κ2) is 5.04. The predicted molar refractivity (Wildman–Crippen MR) is 69.8 cm³/mol. The van der Waals surface area contributed by atoms with Gasteiger partial charge in [0.05, 0.1) is 5.69 Å². The molecule has 0 unspecified atom stereocenters. The topological polar surface area (TPSA) is 46.1 Å². The summed E-state index contributed by atoms with van der Waals surface area (Å²) in [5, 5.41) is 0. The van der Waals surface area contributed by atoms with Gasteiger partial charge in [0.2, 0.25) is 5.91 Å². The fourth-order valence-electron chi connectivity index (χ4n) is 2.12. The van der Waals surface area contributed by atoms with Gasteiger partial charge in [-0.05, 0) is 11.8 Å². The molecule has 2 heterocycles. The molecule has 1 aromatic rings. The van der Waals surface area contributed by atoms with Gasteiger partial charge in [-0.2, -0.15) is 0 Å². The maximum absolute atomic E-state index is 12.1. The van der Waals surface area contributed by atoms with Gasteiger partial charge in [0.15, 0.2) is 0 Å². The van der Waals surface area contributed by atoms with Crippen molar-refractivity contribution in [2.45, 2.75) is 46.6 Å². The van der Waals surface area contributed by atoms with Crippen LogP contribution in [0.5, 0.6) is 0 Å². The fraction of sp³-hybridized carbons (Fsp3) is 0.643. The third kappa shape index (κ3) is 3.28. The minimum atomic E-state index is 0.215. The van der Waals surface area contributed by atoms with E-state index in [2.05, 4.69) is 30.7 Å². The molecule has 0 N–H and O–H groups in total. The van der Waals surface area contributed by atoms with Crippen LogP contribution in [0, 0.1) is 5.41 Å². The molecule has 0 aliphatic carbocycles. The summed E-state index contributed by atoms with van der Waals surface area (Å²) < 4.78 is 0. The van der Waals surface area contributed by atoms with Crippen LogP contribution in [0.15, 0.2) is 12.5 Å². The predicted octanol–water partition coefficient (Wildman–Crippen LogP) is 2.19. The van der Waals surface area contributed by atoms with E-state index >= 15 is 0 Å². The van der Waals surface area contributed by atoms with Gasteiger partial charge in [0, 0.05) is 37.7 Å². The van der Waals surface area contributed by atoms with Gasteiger partial charge in [-0.3, -0.25) is 4.79 Å². The van der Waals surface area contributed by atoms with Crippen molar-refractivity contribution in [1.82, 2.24) is 14.9 Å². The molecule has 0 saturated carbocycles. The number of carbonyl (C=O) groups is 1. The molecular weight excluding hydrogens is 226 g/mol. The van der Waals surface area contributed by atoms with Gasteiger partial charge in [-0.25, -0.2) is 9.97 Å². The maximum atomic E-state index is 12.1. The molecule has 0 aromatic carbocycles. The lowest BCUT2D eigenvalue weighted by Crippen LogP contribution is -2.36. The van der Waals surface area contributed by atoms with Gasteiger partial charge in [-0.15, -0.1) is 0 Å². The number of hydrogen-bond acceptors (Lipinski definition) is 3. The molecule has 0 radical (unpaired) electrons. The summed E-state index contributed by atoms with van der Waals surface area (Å²) in [4.78, 5) is 22.3. The van der Waals surface area contributed by atoms with E-state index in [0.717, 1.165) is 30.6 Å². The van der Waals surface area contributed by atoms with Crippen molar-refractivity contribution in [2.24, 2.45) is 5.41 Å². The number of hydrogen-bond donors (Lipinski definition) is 0. The van der Waals surface area contributed by atoms with Crippen LogP contribution < -0.4 is 0 Å². The smallest absolute Gasteiger partial charge is 0.222 e. The zero-order valence-electron chi connectivity index (χ0n) is 11.4. The Morgan fingerprint density at radius 3 is 2.94 bits per heavy atom. The summed E-state index contributed by atoms with van der Waals surface area (Å²) in [6.07, 6.45) is 5.81. The lowest BCUT2D eigenvalue weighted by Gasteiger charge is -2.29. The second-order valence-electron chi connectivity index (χ2n) is 6.12. The standard InChI is InChI=1S/C14H21N3O/c1-14(2,3)6-4-13(18)17-7-5-12-11(9-17)8-15-10-16-12/h8,10H,4-7,9H2,1-3H3. The summed E-state index contributed by atoms with van der Waals surface area (Å²) >= 11 is 0. The highest BCUT2D eigenvalue weighted by atomic mass is 16.2. The molecular formula is C14H21N3O. The van der Waals surface area contributed by atoms with Crippen LogP contribution in [0.25, 0.3) is 0 Å². The van der Waals surface area contributed by atoms with Crippen LogP contribution in [0.4, 0.5) is 0 Å². The molecule has 0 atom stereocenters. The zero-order chi connectivity index (χ0) is 13.2. The monoisotopic (exact) mass is 247 g/mol. The van der Waals surface area contributed by atoms with Crippen LogP contribution in [-0.4, -0.2) is 27.3 Å². The Hall–Kier alpha value is -1.45. The summed E-state index contributed by atoms with van der Waals surface area (Å²) in [6.45, 7) is 7.95. The van der Waals surface area contributed by atoms with Crippen LogP contribution in [0.1, 0.15) is 44.9 Å². The number of amides is 1. The van der Waals surface area contributed by atoms with Crippen molar-refractivity contribution < 1.29 is 4.79 Å². The molecule has 1 aromatic heterocycles. The maximum Gasteiger partial charge on any atom is 0.222 e. The Bertz CT molecular complexity index is 437. The third-order valence-corrected chi connectivity index (χ3v) is 3.30. The number of fused-ring (bicyclic) bond motifs is 1. The zero-order valence-corrected chi connectivity index (χ0v) is 11.4. The van der Waals surface area contributed by atoms with Crippen molar-refractivity contribution in [1.29, 1.82) is 0 Å². The summed E-state index contributed by atoms with van der Waals surface area (Å²) in [6, 6.07) is 0. The first-order valence-corrected chi connectivity index (χ1v) is 6.51. The number of nitrogens with zero attached hydrogens (tertiary/aromatic N) is 3. The van der Waals surface area contributed by atoms with E-state index in [-0.39, 0.29) is 11.3 Å². The van der Waals surface area contributed by atoms with E-state index in [4.69, 9.17) is 0 Å². The molecule has 4 nitrogen and oxygen atoms in total. The Morgan fingerprint density at radius 1 is 1.44 bits per heavy atom. The van der Waals surface area contributed by atoms with Crippen molar-refractivity contribution >= 4 is 5.91 Å². The van der Waals surface area contributed by atoms with Crippen LogP contribution >= 0.6 is 0 Å². The number of carbonyl (C=O) groups excluding carboxylic acids is 1. The normalized spacial score (nSPS) is 15.4.